The lowest BCUT2D eigenvalue weighted by molar-refractivity contribution is 0.112. The minimum absolute atomic E-state index is 0.361. The molecular formula is C24H29N5O2. The monoisotopic (exact) mass is 419 g/mol. The third kappa shape index (κ3) is 4.34. The fourth-order valence-corrected chi connectivity index (χ4v) is 4.04. The lowest BCUT2D eigenvalue weighted by Gasteiger charge is -2.46. The summed E-state index contributed by atoms with van der Waals surface area (Å²) in [5.41, 5.74) is 16.7. The molecule has 2 aromatic carbocycles. The van der Waals surface area contributed by atoms with E-state index in [2.05, 4.69) is 39.0 Å². The van der Waals surface area contributed by atoms with Crippen molar-refractivity contribution in [3.05, 3.63) is 83.6 Å². The van der Waals surface area contributed by atoms with Crippen molar-refractivity contribution in [2.45, 2.75) is 25.4 Å². The first kappa shape index (κ1) is 21.1. The van der Waals surface area contributed by atoms with Crippen molar-refractivity contribution >= 4 is 5.82 Å². The van der Waals surface area contributed by atoms with Crippen molar-refractivity contribution in [2.75, 3.05) is 25.7 Å². The quantitative estimate of drug-likeness (QED) is 0.609. The van der Waals surface area contributed by atoms with Gasteiger partial charge in [-0.1, -0.05) is 42.5 Å². The van der Waals surface area contributed by atoms with Crippen LogP contribution in [0, 0.1) is 0 Å². The molecular weight excluding hydrogens is 390 g/mol. The molecule has 4 N–H and O–H groups in total. The molecule has 0 saturated heterocycles. The van der Waals surface area contributed by atoms with Gasteiger partial charge in [0.2, 0.25) is 0 Å². The predicted molar refractivity (Wildman–Crippen MR) is 122 cm³/mol. The molecule has 1 aromatic heterocycles. The van der Waals surface area contributed by atoms with Gasteiger partial charge in [-0.3, -0.25) is 5.73 Å². The maximum Gasteiger partial charge on any atom is 0.161 e. The van der Waals surface area contributed by atoms with Crippen LogP contribution in [0.1, 0.15) is 22.9 Å². The van der Waals surface area contributed by atoms with Crippen LogP contribution < -0.4 is 25.8 Å². The Morgan fingerprint density at radius 1 is 0.903 bits per heavy atom. The van der Waals surface area contributed by atoms with Gasteiger partial charge in [-0.2, -0.15) is 0 Å². The van der Waals surface area contributed by atoms with Crippen LogP contribution in [0.2, 0.25) is 0 Å². The number of pyridine rings is 1. The molecule has 0 radical (unpaired) electrons. The van der Waals surface area contributed by atoms with Gasteiger partial charge in [-0.05, 0) is 35.7 Å². The normalized spacial score (nSPS) is 18.5. The Morgan fingerprint density at radius 3 is 2.42 bits per heavy atom. The second-order valence-corrected chi connectivity index (χ2v) is 7.57. The minimum Gasteiger partial charge on any atom is -0.493 e. The van der Waals surface area contributed by atoms with Crippen molar-refractivity contribution in [2.24, 2.45) is 11.5 Å². The van der Waals surface area contributed by atoms with E-state index in [1.54, 1.807) is 20.4 Å². The minimum atomic E-state index is -0.408. The summed E-state index contributed by atoms with van der Waals surface area (Å²) >= 11 is 0. The zero-order valence-electron chi connectivity index (χ0n) is 17.9. The molecule has 0 bridgehead atoms. The van der Waals surface area contributed by atoms with Gasteiger partial charge in [0.1, 0.15) is 12.1 Å². The van der Waals surface area contributed by atoms with Gasteiger partial charge in [-0.15, -0.1) is 0 Å². The summed E-state index contributed by atoms with van der Waals surface area (Å²) in [7, 11) is 3.26. The van der Waals surface area contributed by atoms with Gasteiger partial charge < -0.3 is 20.1 Å². The molecule has 0 aliphatic carbocycles. The molecule has 1 aliphatic heterocycles. The van der Waals surface area contributed by atoms with E-state index in [1.807, 2.05) is 36.4 Å². The standard InChI is InChI=1S/C24H29N5O2/c1-30-20-11-10-18(15-21(20)31-2)16-29-22(25)19-9-6-13-27-23(19)28(24(29)26)14-12-17-7-4-3-5-8-17/h3-11,13,15,22,24H,12,14,16,25-26H2,1-2H3. The fraction of sp³-hybridized carbons (Fsp3) is 0.292. The lowest BCUT2D eigenvalue weighted by Crippen LogP contribution is -2.60. The number of anilines is 1. The molecule has 2 unspecified atom stereocenters. The number of nitrogens with zero attached hydrogens (tertiary/aromatic N) is 3. The highest BCUT2D eigenvalue weighted by molar-refractivity contribution is 5.51. The molecule has 0 spiro atoms. The van der Waals surface area contributed by atoms with Gasteiger partial charge in [0.15, 0.2) is 11.5 Å². The molecule has 7 nitrogen and oxygen atoms in total. The molecule has 7 heteroatoms. The molecule has 0 saturated carbocycles. The Hall–Kier alpha value is -3.13. The molecule has 2 atom stereocenters. The van der Waals surface area contributed by atoms with Crippen LogP contribution in [0.4, 0.5) is 5.82 Å². The van der Waals surface area contributed by atoms with Gasteiger partial charge in [0.25, 0.3) is 0 Å². The number of hydrogen-bond donors (Lipinski definition) is 2. The van der Waals surface area contributed by atoms with Crippen molar-refractivity contribution < 1.29 is 9.47 Å². The average molecular weight is 420 g/mol. The van der Waals surface area contributed by atoms with Crippen molar-refractivity contribution in [3.63, 3.8) is 0 Å². The van der Waals surface area contributed by atoms with E-state index in [9.17, 15) is 0 Å². The van der Waals surface area contributed by atoms with E-state index in [0.717, 1.165) is 29.9 Å². The van der Waals surface area contributed by atoms with Crippen LogP contribution in [0.25, 0.3) is 0 Å². The molecule has 0 fully saturated rings. The summed E-state index contributed by atoms with van der Waals surface area (Å²) in [5, 5.41) is 0. The van der Waals surface area contributed by atoms with E-state index in [0.29, 0.717) is 18.0 Å². The Morgan fingerprint density at radius 2 is 1.68 bits per heavy atom. The summed E-state index contributed by atoms with van der Waals surface area (Å²) in [6.07, 6.45) is 1.89. The number of ether oxygens (including phenoxy) is 2. The zero-order chi connectivity index (χ0) is 21.8. The number of nitrogens with two attached hydrogens (primary N) is 2. The summed E-state index contributed by atoms with van der Waals surface area (Å²) in [6.45, 7) is 1.31. The molecule has 3 aromatic rings. The Balaban J connectivity index is 1.61. The highest BCUT2D eigenvalue weighted by Crippen LogP contribution is 2.35. The van der Waals surface area contributed by atoms with Gasteiger partial charge >= 0.3 is 0 Å². The van der Waals surface area contributed by atoms with E-state index in [4.69, 9.17) is 20.9 Å². The van der Waals surface area contributed by atoms with Crippen molar-refractivity contribution in [3.8, 4) is 11.5 Å². The van der Waals surface area contributed by atoms with E-state index in [1.165, 1.54) is 5.56 Å². The number of benzene rings is 2. The maximum atomic E-state index is 6.74. The first-order chi connectivity index (χ1) is 15.1. The number of hydrogen-bond acceptors (Lipinski definition) is 7. The molecule has 0 amide bonds. The Labute approximate surface area is 183 Å². The Kier molecular flexibility index (Phi) is 6.36. The van der Waals surface area contributed by atoms with E-state index in [-0.39, 0.29) is 6.17 Å². The first-order valence-electron chi connectivity index (χ1n) is 10.4. The summed E-state index contributed by atoms with van der Waals surface area (Å²) < 4.78 is 10.8. The van der Waals surface area contributed by atoms with Crippen LogP contribution in [0.3, 0.4) is 0 Å². The number of fused-ring (bicyclic) bond motifs is 1. The van der Waals surface area contributed by atoms with Crippen LogP contribution in [0.15, 0.2) is 66.9 Å². The van der Waals surface area contributed by atoms with E-state index < -0.39 is 6.29 Å². The van der Waals surface area contributed by atoms with Crippen LogP contribution in [-0.2, 0) is 13.0 Å². The van der Waals surface area contributed by atoms with Gasteiger partial charge in [0, 0.05) is 24.8 Å². The summed E-state index contributed by atoms with van der Waals surface area (Å²) in [6, 6.07) is 20.2. The second kappa shape index (κ2) is 9.34. The highest BCUT2D eigenvalue weighted by Gasteiger charge is 2.36. The summed E-state index contributed by atoms with van der Waals surface area (Å²) in [4.78, 5) is 8.82. The molecule has 162 valence electrons. The van der Waals surface area contributed by atoms with Gasteiger partial charge in [-0.25, -0.2) is 9.88 Å². The fourth-order valence-electron chi connectivity index (χ4n) is 4.04. The second-order valence-electron chi connectivity index (χ2n) is 7.57. The third-order valence-corrected chi connectivity index (χ3v) is 5.72. The SMILES string of the molecule is COc1ccc(CN2C(N)c3cccnc3N(CCc3ccccc3)C2N)cc1OC. The largest absolute Gasteiger partial charge is 0.493 e. The molecule has 2 heterocycles. The maximum absolute atomic E-state index is 6.74. The highest BCUT2D eigenvalue weighted by atomic mass is 16.5. The van der Waals surface area contributed by atoms with Crippen LogP contribution in [-0.4, -0.2) is 36.9 Å². The van der Waals surface area contributed by atoms with E-state index >= 15 is 0 Å². The third-order valence-electron chi connectivity index (χ3n) is 5.72. The summed E-state index contributed by atoms with van der Waals surface area (Å²) in [5.74, 6) is 2.22. The average Bonchev–Trinajstić information content (AvgIpc) is 2.82. The molecule has 1 aliphatic rings. The van der Waals surface area contributed by atoms with Crippen molar-refractivity contribution in [1.29, 1.82) is 0 Å². The predicted octanol–water partition coefficient (Wildman–Crippen LogP) is 2.86. The number of aromatic nitrogens is 1. The molecule has 31 heavy (non-hydrogen) atoms. The lowest BCUT2D eigenvalue weighted by atomic mass is 10.1. The molecule has 4 rings (SSSR count). The van der Waals surface area contributed by atoms with Gasteiger partial charge in [0.05, 0.1) is 20.4 Å². The van der Waals surface area contributed by atoms with Crippen LogP contribution in [0.5, 0.6) is 11.5 Å². The smallest absolute Gasteiger partial charge is 0.161 e. The van der Waals surface area contributed by atoms with Crippen LogP contribution >= 0.6 is 0 Å². The number of rotatable bonds is 7. The first-order valence-corrected chi connectivity index (χ1v) is 10.4. The van der Waals surface area contributed by atoms with Crippen molar-refractivity contribution in [1.82, 2.24) is 9.88 Å². The zero-order valence-corrected chi connectivity index (χ0v) is 17.9. The number of methoxy groups -OCH3 is 2. The Bertz CT molecular complexity index is 1010. The topological polar surface area (TPSA) is 89.9 Å².